The predicted octanol–water partition coefficient (Wildman–Crippen LogP) is 2.69. The molecule has 3 N–H and O–H groups in total. The zero-order chi connectivity index (χ0) is 17.7. The van der Waals surface area contributed by atoms with Crippen molar-refractivity contribution in [3.63, 3.8) is 0 Å². The number of H-pyrrole nitrogens is 1. The average molecular weight is 330 g/mol. The van der Waals surface area contributed by atoms with Crippen LogP contribution >= 0.6 is 0 Å². The van der Waals surface area contributed by atoms with Crippen LogP contribution in [-0.4, -0.2) is 40.2 Å². The molecular formula is C17H26N6O. The van der Waals surface area contributed by atoms with Crippen molar-refractivity contribution in [3.8, 4) is 0 Å². The highest BCUT2D eigenvalue weighted by molar-refractivity contribution is 5.89. The van der Waals surface area contributed by atoms with E-state index in [-0.39, 0.29) is 18.0 Å². The maximum absolute atomic E-state index is 12.3. The molecule has 7 heteroatoms. The van der Waals surface area contributed by atoms with E-state index in [9.17, 15) is 4.79 Å². The molecule has 0 aliphatic heterocycles. The number of aromatic amines is 1. The van der Waals surface area contributed by atoms with Gasteiger partial charge in [-0.15, -0.1) is 0 Å². The maximum atomic E-state index is 12.3. The Morgan fingerprint density at radius 1 is 1.33 bits per heavy atom. The number of benzene rings is 1. The van der Waals surface area contributed by atoms with E-state index in [1.54, 1.807) is 0 Å². The standard InChI is InChI=1S/C17H26N6O/c1-11(2)15(16-18-12(3)21-22-16)20-17(24)19-14-8-6-7-13(9-14)10-23(4)5/h6-9,11,15H,10H2,1-5H3,(H,18,21,22)(H2,19,20,24). The molecule has 0 aliphatic carbocycles. The van der Waals surface area contributed by atoms with Gasteiger partial charge in [0.1, 0.15) is 5.82 Å². The number of nitrogens with zero attached hydrogens (tertiary/aromatic N) is 3. The molecule has 130 valence electrons. The van der Waals surface area contributed by atoms with E-state index in [1.807, 2.05) is 59.1 Å². The first-order valence-corrected chi connectivity index (χ1v) is 8.05. The number of hydrogen-bond donors (Lipinski definition) is 3. The normalized spacial score (nSPS) is 12.5. The minimum Gasteiger partial charge on any atom is -0.328 e. The average Bonchev–Trinajstić information content (AvgIpc) is 2.90. The molecule has 0 saturated heterocycles. The summed E-state index contributed by atoms with van der Waals surface area (Å²) < 4.78 is 0. The molecule has 0 aliphatic rings. The van der Waals surface area contributed by atoms with E-state index in [1.165, 1.54) is 0 Å². The van der Waals surface area contributed by atoms with Crippen LogP contribution in [-0.2, 0) is 6.54 Å². The first-order chi connectivity index (χ1) is 11.3. The fraction of sp³-hybridized carbons (Fsp3) is 0.471. The summed E-state index contributed by atoms with van der Waals surface area (Å²) in [4.78, 5) is 18.7. The molecule has 1 heterocycles. The van der Waals surface area contributed by atoms with Crippen molar-refractivity contribution in [2.75, 3.05) is 19.4 Å². The lowest BCUT2D eigenvalue weighted by molar-refractivity contribution is 0.244. The lowest BCUT2D eigenvalue weighted by Gasteiger charge is -2.20. The molecule has 7 nitrogen and oxygen atoms in total. The zero-order valence-corrected chi connectivity index (χ0v) is 14.9. The largest absolute Gasteiger partial charge is 0.328 e. The number of nitrogens with one attached hydrogen (secondary N) is 3. The van der Waals surface area contributed by atoms with Gasteiger partial charge in [0.25, 0.3) is 0 Å². The molecule has 1 unspecified atom stereocenters. The van der Waals surface area contributed by atoms with E-state index in [0.29, 0.717) is 5.82 Å². The Balaban J connectivity index is 2.03. The van der Waals surface area contributed by atoms with Gasteiger partial charge in [-0.1, -0.05) is 26.0 Å². The Bertz CT molecular complexity index is 679. The van der Waals surface area contributed by atoms with Gasteiger partial charge in [-0.05, 0) is 44.6 Å². The predicted molar refractivity (Wildman–Crippen MR) is 94.7 cm³/mol. The molecular weight excluding hydrogens is 304 g/mol. The summed E-state index contributed by atoms with van der Waals surface area (Å²) in [6.45, 7) is 6.70. The highest BCUT2D eigenvalue weighted by atomic mass is 16.2. The van der Waals surface area contributed by atoms with Crippen LogP contribution in [0.1, 0.15) is 37.1 Å². The first-order valence-electron chi connectivity index (χ1n) is 8.05. The number of amides is 2. The Hall–Kier alpha value is -2.41. The van der Waals surface area contributed by atoms with Crippen molar-refractivity contribution >= 4 is 11.7 Å². The number of rotatable bonds is 6. The van der Waals surface area contributed by atoms with Gasteiger partial charge in [0, 0.05) is 12.2 Å². The molecule has 0 fully saturated rings. The van der Waals surface area contributed by atoms with Gasteiger partial charge in [-0.25, -0.2) is 9.78 Å². The summed E-state index contributed by atoms with van der Waals surface area (Å²) in [6, 6.07) is 7.31. The SMILES string of the molecule is Cc1nc(C(NC(=O)Nc2cccc(CN(C)C)c2)C(C)C)n[nH]1. The second-order valence-corrected chi connectivity index (χ2v) is 6.54. The third-order valence-corrected chi connectivity index (χ3v) is 3.53. The molecule has 0 saturated carbocycles. The molecule has 1 atom stereocenters. The Labute approximate surface area is 142 Å². The van der Waals surface area contributed by atoms with Gasteiger partial charge in [0.05, 0.1) is 6.04 Å². The number of hydrogen-bond acceptors (Lipinski definition) is 4. The number of carbonyl (C=O) groups excluding carboxylic acids is 1. The summed E-state index contributed by atoms with van der Waals surface area (Å²) in [6.07, 6.45) is 0. The molecule has 2 aromatic rings. The Morgan fingerprint density at radius 2 is 2.08 bits per heavy atom. The monoisotopic (exact) mass is 330 g/mol. The minimum absolute atomic E-state index is 0.172. The molecule has 0 bridgehead atoms. The van der Waals surface area contributed by atoms with Crippen molar-refractivity contribution in [1.29, 1.82) is 0 Å². The van der Waals surface area contributed by atoms with E-state index in [4.69, 9.17) is 0 Å². The maximum Gasteiger partial charge on any atom is 0.319 e. The van der Waals surface area contributed by atoms with E-state index in [2.05, 4.69) is 30.7 Å². The van der Waals surface area contributed by atoms with Crippen molar-refractivity contribution in [2.45, 2.75) is 33.4 Å². The summed E-state index contributed by atoms with van der Waals surface area (Å²) in [5.74, 6) is 1.50. The van der Waals surface area contributed by atoms with Gasteiger partial charge < -0.3 is 15.5 Å². The van der Waals surface area contributed by atoms with Crippen LogP contribution < -0.4 is 10.6 Å². The number of aromatic nitrogens is 3. The van der Waals surface area contributed by atoms with Crippen molar-refractivity contribution in [1.82, 2.24) is 25.4 Å². The van der Waals surface area contributed by atoms with Crippen LogP contribution in [0.2, 0.25) is 0 Å². The van der Waals surface area contributed by atoms with Gasteiger partial charge in [0.2, 0.25) is 0 Å². The molecule has 2 rings (SSSR count). The fourth-order valence-corrected chi connectivity index (χ4v) is 2.45. The lowest BCUT2D eigenvalue weighted by atomic mass is 10.0. The minimum atomic E-state index is -0.266. The highest BCUT2D eigenvalue weighted by Gasteiger charge is 2.22. The third kappa shape index (κ3) is 5.06. The molecule has 24 heavy (non-hydrogen) atoms. The van der Waals surface area contributed by atoms with Crippen LogP contribution in [0.5, 0.6) is 0 Å². The molecule has 2 amide bonds. The summed E-state index contributed by atoms with van der Waals surface area (Å²) in [5.41, 5.74) is 1.91. The van der Waals surface area contributed by atoms with Crippen LogP contribution in [0, 0.1) is 12.8 Å². The van der Waals surface area contributed by atoms with Gasteiger partial charge in [-0.3, -0.25) is 5.10 Å². The molecule has 0 spiro atoms. The number of anilines is 1. The van der Waals surface area contributed by atoms with E-state index in [0.717, 1.165) is 23.6 Å². The molecule has 1 aromatic carbocycles. The summed E-state index contributed by atoms with van der Waals surface area (Å²) in [5, 5.41) is 12.8. The van der Waals surface area contributed by atoms with Crippen molar-refractivity contribution in [2.24, 2.45) is 5.92 Å². The van der Waals surface area contributed by atoms with Crippen molar-refractivity contribution < 1.29 is 4.79 Å². The number of carbonyl (C=O) groups is 1. The van der Waals surface area contributed by atoms with Crippen molar-refractivity contribution in [3.05, 3.63) is 41.5 Å². The van der Waals surface area contributed by atoms with E-state index < -0.39 is 0 Å². The lowest BCUT2D eigenvalue weighted by Crippen LogP contribution is -2.35. The number of urea groups is 1. The highest BCUT2D eigenvalue weighted by Crippen LogP contribution is 2.19. The van der Waals surface area contributed by atoms with Crippen LogP contribution in [0.15, 0.2) is 24.3 Å². The smallest absolute Gasteiger partial charge is 0.319 e. The fourth-order valence-electron chi connectivity index (χ4n) is 2.45. The Kier molecular flexibility index (Phi) is 5.92. The zero-order valence-electron chi connectivity index (χ0n) is 14.9. The topological polar surface area (TPSA) is 85.9 Å². The van der Waals surface area contributed by atoms with E-state index >= 15 is 0 Å². The quantitative estimate of drug-likeness (QED) is 0.760. The van der Waals surface area contributed by atoms with Crippen LogP contribution in [0.4, 0.5) is 10.5 Å². The third-order valence-electron chi connectivity index (χ3n) is 3.53. The van der Waals surface area contributed by atoms with Gasteiger partial charge in [-0.2, -0.15) is 5.10 Å². The second-order valence-electron chi connectivity index (χ2n) is 6.54. The molecule has 1 aromatic heterocycles. The summed E-state index contributed by atoms with van der Waals surface area (Å²) in [7, 11) is 4.03. The Morgan fingerprint density at radius 3 is 2.67 bits per heavy atom. The second kappa shape index (κ2) is 7.92. The van der Waals surface area contributed by atoms with Gasteiger partial charge >= 0.3 is 6.03 Å². The van der Waals surface area contributed by atoms with Crippen LogP contribution in [0.25, 0.3) is 0 Å². The number of aryl methyl sites for hydroxylation is 1. The van der Waals surface area contributed by atoms with Gasteiger partial charge in [0.15, 0.2) is 5.82 Å². The summed E-state index contributed by atoms with van der Waals surface area (Å²) >= 11 is 0. The first kappa shape index (κ1) is 17.9. The van der Waals surface area contributed by atoms with Crippen LogP contribution in [0.3, 0.4) is 0 Å². The molecule has 0 radical (unpaired) electrons.